The van der Waals surface area contributed by atoms with Crippen molar-refractivity contribution in [3.8, 4) is 17.0 Å². The summed E-state index contributed by atoms with van der Waals surface area (Å²) in [5, 5.41) is 4.49. The van der Waals surface area contributed by atoms with Gasteiger partial charge in [-0.3, -0.25) is 9.48 Å². The first-order chi connectivity index (χ1) is 15.3. The summed E-state index contributed by atoms with van der Waals surface area (Å²) in [4.78, 5) is 15.0. The Morgan fingerprint density at radius 1 is 1.12 bits per heavy atom. The Hall–Kier alpha value is -3.17. The molecule has 8 nitrogen and oxygen atoms in total. The Labute approximate surface area is 188 Å². The highest BCUT2D eigenvalue weighted by Crippen LogP contribution is 2.49. The lowest BCUT2D eigenvalue weighted by Gasteiger charge is -2.44. The molecule has 2 aliphatic heterocycles. The molecule has 5 rings (SSSR count). The molecule has 1 fully saturated rings. The zero-order chi connectivity index (χ0) is 22.5. The van der Waals surface area contributed by atoms with Gasteiger partial charge in [-0.25, -0.2) is 13.1 Å². The minimum Gasteiger partial charge on any atom is -0.482 e. The zero-order valence-electron chi connectivity index (χ0n) is 17.9. The first-order valence-corrected chi connectivity index (χ1v) is 12.0. The zero-order valence-corrected chi connectivity index (χ0v) is 18.7. The largest absolute Gasteiger partial charge is 0.482 e. The van der Waals surface area contributed by atoms with Gasteiger partial charge in [-0.15, -0.1) is 0 Å². The summed E-state index contributed by atoms with van der Waals surface area (Å²) < 4.78 is 34.5. The molecule has 9 heteroatoms. The maximum Gasteiger partial charge on any atom is 0.253 e. The lowest BCUT2D eigenvalue weighted by atomic mass is 9.81. The fraction of sp³-hybridized carbons (Fsp3) is 0.304. The molecule has 0 atom stereocenters. The summed E-state index contributed by atoms with van der Waals surface area (Å²) in [7, 11) is -0.240. The third-order valence-corrected chi connectivity index (χ3v) is 7.85. The van der Waals surface area contributed by atoms with Gasteiger partial charge in [0.25, 0.3) is 5.91 Å². The number of nitrogens with one attached hydrogen (secondary N) is 1. The topological polar surface area (TPSA) is 93.5 Å². The van der Waals surface area contributed by atoms with E-state index in [0.29, 0.717) is 31.5 Å². The minimum absolute atomic E-state index is 0. The van der Waals surface area contributed by atoms with Crippen LogP contribution in [-0.2, 0) is 22.7 Å². The van der Waals surface area contributed by atoms with E-state index in [1.54, 1.807) is 17.0 Å². The molecule has 168 valence electrons. The number of aromatic nitrogens is 2. The van der Waals surface area contributed by atoms with Crippen LogP contribution in [0.3, 0.4) is 0 Å². The number of benzene rings is 2. The number of hydrogen-bond donors (Lipinski definition) is 1. The minimum atomic E-state index is -3.53. The van der Waals surface area contributed by atoms with E-state index in [-0.39, 0.29) is 12.2 Å². The van der Waals surface area contributed by atoms with Crippen LogP contribution in [0.2, 0.25) is 0 Å². The molecule has 1 spiro atoms. The van der Waals surface area contributed by atoms with Gasteiger partial charge < -0.3 is 9.64 Å². The molecular formula is C23H26N4O4S. The van der Waals surface area contributed by atoms with Crippen molar-refractivity contribution in [3.05, 3.63) is 65.9 Å². The fourth-order valence-electron chi connectivity index (χ4n) is 4.63. The van der Waals surface area contributed by atoms with Crippen LogP contribution in [0.1, 0.15) is 30.2 Å². The number of likely N-dealkylation sites (tertiary alicyclic amines) is 1. The Morgan fingerprint density at radius 2 is 1.81 bits per heavy atom. The van der Waals surface area contributed by atoms with Crippen molar-refractivity contribution in [2.24, 2.45) is 7.05 Å². The van der Waals surface area contributed by atoms with Crippen LogP contribution in [0.5, 0.6) is 5.75 Å². The molecule has 3 heterocycles. The number of sulfonamides is 1. The molecule has 1 N–H and O–H groups in total. The standard InChI is InChI=1S/C23H24N4O4S.H2/c1-24-32(29,30)17-9-7-16(8-10-17)22(28)27-13-11-23(12-14-27)19-15-25-26(2)21(19)18-5-3-4-6-20(18)31-23;/h3-10,15,24H,11-14H2,1-2H3;1H. The molecule has 0 radical (unpaired) electrons. The van der Waals surface area contributed by atoms with Gasteiger partial charge in [-0.2, -0.15) is 5.10 Å². The molecule has 3 aromatic rings. The third-order valence-electron chi connectivity index (χ3n) is 6.42. The number of para-hydroxylation sites is 1. The predicted molar refractivity (Wildman–Crippen MR) is 121 cm³/mol. The van der Waals surface area contributed by atoms with Crippen LogP contribution in [-0.4, -0.2) is 49.1 Å². The Kier molecular flexibility index (Phi) is 4.83. The number of carbonyl (C=O) groups excluding carboxylic acids is 1. The van der Waals surface area contributed by atoms with Crippen molar-refractivity contribution in [1.29, 1.82) is 0 Å². The second kappa shape index (κ2) is 7.46. The first kappa shape index (κ1) is 20.7. The van der Waals surface area contributed by atoms with Crippen molar-refractivity contribution < 1.29 is 19.4 Å². The van der Waals surface area contributed by atoms with Crippen LogP contribution in [0.25, 0.3) is 11.3 Å². The molecule has 1 amide bonds. The SMILES string of the molecule is CNS(=O)(=O)c1ccc(C(=O)N2CCC3(CC2)Oc2ccccc2-c2c3cnn2C)cc1.[HH]. The summed E-state index contributed by atoms with van der Waals surface area (Å²) in [6.07, 6.45) is 3.18. The third kappa shape index (κ3) is 3.20. The van der Waals surface area contributed by atoms with Gasteiger partial charge >= 0.3 is 0 Å². The van der Waals surface area contributed by atoms with Gasteiger partial charge in [-0.05, 0) is 43.4 Å². The molecule has 2 aliphatic rings. The van der Waals surface area contributed by atoms with Crippen LogP contribution >= 0.6 is 0 Å². The number of ether oxygens (including phenoxy) is 1. The van der Waals surface area contributed by atoms with Crippen molar-refractivity contribution in [2.75, 3.05) is 20.1 Å². The predicted octanol–water partition coefficient (Wildman–Crippen LogP) is 2.77. The molecule has 0 saturated carbocycles. The lowest BCUT2D eigenvalue weighted by Crippen LogP contribution is -2.49. The monoisotopic (exact) mass is 454 g/mol. The van der Waals surface area contributed by atoms with Gasteiger partial charge in [0.15, 0.2) is 0 Å². The number of aryl methyl sites for hydroxylation is 1. The van der Waals surface area contributed by atoms with Crippen molar-refractivity contribution in [1.82, 2.24) is 19.4 Å². The highest BCUT2D eigenvalue weighted by atomic mass is 32.2. The second-order valence-corrected chi connectivity index (χ2v) is 10.0. The summed E-state index contributed by atoms with van der Waals surface area (Å²) in [6.45, 7) is 1.07. The van der Waals surface area contributed by atoms with Gasteiger partial charge in [-0.1, -0.05) is 12.1 Å². The maximum atomic E-state index is 13.1. The normalized spacial score (nSPS) is 16.9. The molecule has 0 aliphatic carbocycles. The van der Waals surface area contributed by atoms with E-state index >= 15 is 0 Å². The van der Waals surface area contributed by atoms with Crippen molar-refractivity contribution in [2.45, 2.75) is 23.3 Å². The Morgan fingerprint density at radius 3 is 2.50 bits per heavy atom. The van der Waals surface area contributed by atoms with Gasteiger partial charge in [0.05, 0.1) is 16.8 Å². The van der Waals surface area contributed by atoms with Crippen LogP contribution in [0, 0.1) is 0 Å². The molecule has 2 aromatic carbocycles. The summed E-state index contributed by atoms with van der Waals surface area (Å²) in [5.74, 6) is 0.723. The van der Waals surface area contributed by atoms with Crippen LogP contribution < -0.4 is 9.46 Å². The van der Waals surface area contributed by atoms with E-state index < -0.39 is 15.6 Å². The number of fused-ring (bicyclic) bond motifs is 4. The molecular weight excluding hydrogens is 428 g/mol. The van der Waals surface area contributed by atoms with Gasteiger partial charge in [0, 0.05) is 51.1 Å². The average molecular weight is 455 g/mol. The number of rotatable bonds is 3. The van der Waals surface area contributed by atoms with E-state index in [4.69, 9.17) is 4.74 Å². The number of piperidine rings is 1. The van der Waals surface area contributed by atoms with E-state index in [2.05, 4.69) is 9.82 Å². The Balaban J connectivity index is 0.00000259. The molecule has 0 bridgehead atoms. The van der Waals surface area contributed by atoms with Gasteiger partial charge in [0.2, 0.25) is 10.0 Å². The summed E-state index contributed by atoms with van der Waals surface area (Å²) in [6, 6.07) is 14.0. The Bertz CT molecular complexity index is 1300. The molecule has 32 heavy (non-hydrogen) atoms. The summed E-state index contributed by atoms with van der Waals surface area (Å²) in [5.41, 5.74) is 3.11. The smallest absolute Gasteiger partial charge is 0.253 e. The second-order valence-electron chi connectivity index (χ2n) is 8.15. The van der Waals surface area contributed by atoms with E-state index in [1.807, 2.05) is 42.2 Å². The maximum absolute atomic E-state index is 13.1. The molecule has 1 aromatic heterocycles. The van der Waals surface area contributed by atoms with Crippen LogP contribution in [0.15, 0.2) is 59.6 Å². The molecule has 0 unspecified atom stereocenters. The lowest BCUT2D eigenvalue weighted by molar-refractivity contribution is -0.00172. The van der Waals surface area contributed by atoms with Crippen molar-refractivity contribution in [3.63, 3.8) is 0 Å². The fourth-order valence-corrected chi connectivity index (χ4v) is 5.36. The average Bonchev–Trinajstić information content (AvgIpc) is 3.22. The number of nitrogens with zero attached hydrogens (tertiary/aromatic N) is 3. The van der Waals surface area contributed by atoms with Crippen LogP contribution in [0.4, 0.5) is 0 Å². The van der Waals surface area contributed by atoms with E-state index in [0.717, 1.165) is 22.6 Å². The van der Waals surface area contributed by atoms with E-state index in [9.17, 15) is 13.2 Å². The number of carbonyl (C=O) groups is 1. The highest BCUT2D eigenvalue weighted by molar-refractivity contribution is 7.89. The van der Waals surface area contributed by atoms with Gasteiger partial charge in [0.1, 0.15) is 11.4 Å². The summed E-state index contributed by atoms with van der Waals surface area (Å²) >= 11 is 0. The number of hydrogen-bond acceptors (Lipinski definition) is 5. The quantitative estimate of drug-likeness (QED) is 0.657. The van der Waals surface area contributed by atoms with E-state index in [1.165, 1.54) is 19.2 Å². The highest BCUT2D eigenvalue weighted by Gasteiger charge is 2.45. The first-order valence-electron chi connectivity index (χ1n) is 10.5. The van der Waals surface area contributed by atoms with Crippen molar-refractivity contribution >= 4 is 15.9 Å². The number of amides is 1. The molecule has 1 saturated heterocycles.